The molecule has 4 nitrogen and oxygen atoms in total. The number of benzene rings is 2. The third-order valence-corrected chi connectivity index (χ3v) is 3.94. The summed E-state index contributed by atoms with van der Waals surface area (Å²) in [5.41, 5.74) is 9.30. The van der Waals surface area contributed by atoms with Gasteiger partial charge in [-0.1, -0.05) is 0 Å². The molecule has 0 aliphatic heterocycles. The first kappa shape index (κ1) is 13.7. The Morgan fingerprint density at radius 2 is 2.00 bits per heavy atom. The number of hydrogen-bond donors (Lipinski definition) is 2. The first-order valence-corrected chi connectivity index (χ1v) is 7.22. The van der Waals surface area contributed by atoms with Gasteiger partial charge in [-0.2, -0.15) is 0 Å². The van der Waals surface area contributed by atoms with Gasteiger partial charge >= 0.3 is 0 Å². The maximum atomic E-state index is 5.97. The second kappa shape index (κ2) is 5.61. The van der Waals surface area contributed by atoms with Crippen molar-refractivity contribution in [3.8, 4) is 5.75 Å². The van der Waals surface area contributed by atoms with Crippen LogP contribution in [0.15, 0.2) is 53.1 Å². The van der Waals surface area contributed by atoms with E-state index >= 15 is 0 Å². The fourth-order valence-corrected chi connectivity index (χ4v) is 2.52. The Labute approximate surface area is 131 Å². The largest absolute Gasteiger partial charge is 0.497 e. The summed E-state index contributed by atoms with van der Waals surface area (Å²) >= 11 is 3.54. The van der Waals surface area contributed by atoms with Crippen molar-refractivity contribution in [1.29, 1.82) is 0 Å². The predicted molar refractivity (Wildman–Crippen MR) is 90.1 cm³/mol. The van der Waals surface area contributed by atoms with Gasteiger partial charge in [0.2, 0.25) is 0 Å². The van der Waals surface area contributed by atoms with Crippen molar-refractivity contribution >= 4 is 43.9 Å². The van der Waals surface area contributed by atoms with Crippen molar-refractivity contribution in [1.82, 2.24) is 4.98 Å². The Hall–Kier alpha value is -2.27. The summed E-state index contributed by atoms with van der Waals surface area (Å²) in [4.78, 5) is 4.34. The molecule has 0 aliphatic carbocycles. The molecular formula is C16H14BrN3O. The Morgan fingerprint density at radius 1 is 1.14 bits per heavy atom. The predicted octanol–water partition coefficient (Wildman–Crippen LogP) is 4.33. The molecule has 3 rings (SSSR count). The number of halogens is 1. The zero-order valence-corrected chi connectivity index (χ0v) is 13.0. The lowest BCUT2D eigenvalue weighted by molar-refractivity contribution is 0.415. The molecule has 0 fully saturated rings. The molecule has 0 spiro atoms. The number of methoxy groups -OCH3 is 1. The lowest BCUT2D eigenvalue weighted by Gasteiger charge is -2.13. The van der Waals surface area contributed by atoms with Gasteiger partial charge in [0.1, 0.15) is 5.75 Å². The average Bonchev–Trinajstić information content (AvgIpc) is 2.52. The molecule has 21 heavy (non-hydrogen) atoms. The summed E-state index contributed by atoms with van der Waals surface area (Å²) in [7, 11) is 1.65. The maximum absolute atomic E-state index is 5.97. The number of nitrogens with two attached hydrogens (primary N) is 1. The third kappa shape index (κ3) is 2.64. The van der Waals surface area contributed by atoms with Gasteiger partial charge in [0, 0.05) is 27.8 Å². The van der Waals surface area contributed by atoms with Crippen LogP contribution in [0.5, 0.6) is 5.75 Å². The normalized spacial score (nSPS) is 10.6. The number of hydrogen-bond acceptors (Lipinski definition) is 4. The highest BCUT2D eigenvalue weighted by Crippen LogP contribution is 2.33. The molecule has 0 amide bonds. The molecule has 0 saturated heterocycles. The highest BCUT2D eigenvalue weighted by Gasteiger charge is 2.08. The van der Waals surface area contributed by atoms with E-state index < -0.39 is 0 Å². The molecule has 0 bridgehead atoms. The minimum absolute atomic E-state index is 0.667. The molecule has 2 aromatic carbocycles. The van der Waals surface area contributed by atoms with Gasteiger partial charge in [-0.25, -0.2) is 0 Å². The van der Waals surface area contributed by atoms with E-state index in [1.165, 1.54) is 0 Å². The molecule has 0 aliphatic rings. The average molecular weight is 344 g/mol. The van der Waals surface area contributed by atoms with Crippen molar-refractivity contribution in [2.24, 2.45) is 0 Å². The number of nitrogen functional groups attached to an aromatic ring is 1. The Kier molecular flexibility index (Phi) is 3.66. The number of pyridine rings is 1. The van der Waals surface area contributed by atoms with Gasteiger partial charge in [-0.05, 0) is 52.3 Å². The van der Waals surface area contributed by atoms with Crippen molar-refractivity contribution in [3.05, 3.63) is 53.1 Å². The summed E-state index contributed by atoms with van der Waals surface area (Å²) in [6.45, 7) is 0. The van der Waals surface area contributed by atoms with Crippen LogP contribution in [0.25, 0.3) is 10.9 Å². The van der Waals surface area contributed by atoms with E-state index in [1.807, 2.05) is 42.5 Å². The topological polar surface area (TPSA) is 60.2 Å². The smallest absolute Gasteiger partial charge is 0.121 e. The molecule has 1 heterocycles. The molecule has 0 atom stereocenters. The van der Waals surface area contributed by atoms with Crippen LogP contribution in [-0.2, 0) is 0 Å². The van der Waals surface area contributed by atoms with Crippen LogP contribution in [0.2, 0.25) is 0 Å². The summed E-state index contributed by atoms with van der Waals surface area (Å²) in [6, 6.07) is 13.5. The summed E-state index contributed by atoms with van der Waals surface area (Å²) in [6.07, 6.45) is 1.74. The molecule has 3 aromatic rings. The second-order valence-corrected chi connectivity index (χ2v) is 5.43. The molecular weight excluding hydrogens is 330 g/mol. The summed E-state index contributed by atoms with van der Waals surface area (Å²) in [5.74, 6) is 0.790. The molecule has 106 valence electrons. The third-order valence-electron chi connectivity index (χ3n) is 3.24. The quantitative estimate of drug-likeness (QED) is 0.694. The molecule has 0 saturated carbocycles. The number of fused-ring (bicyclic) bond motifs is 1. The fraction of sp³-hybridized carbons (Fsp3) is 0.0625. The van der Waals surface area contributed by atoms with E-state index in [-0.39, 0.29) is 0 Å². The van der Waals surface area contributed by atoms with Gasteiger partial charge in [-0.3, -0.25) is 4.98 Å². The van der Waals surface area contributed by atoms with Crippen LogP contribution < -0.4 is 15.8 Å². The van der Waals surface area contributed by atoms with E-state index in [4.69, 9.17) is 10.5 Å². The van der Waals surface area contributed by atoms with Gasteiger partial charge in [-0.15, -0.1) is 0 Å². The first-order chi connectivity index (χ1) is 10.2. The zero-order chi connectivity index (χ0) is 14.8. The molecule has 0 radical (unpaired) electrons. The van der Waals surface area contributed by atoms with E-state index in [0.717, 1.165) is 32.5 Å². The van der Waals surface area contributed by atoms with Crippen molar-refractivity contribution < 1.29 is 4.74 Å². The summed E-state index contributed by atoms with van der Waals surface area (Å²) in [5, 5.41) is 4.37. The monoisotopic (exact) mass is 343 g/mol. The number of aromatic nitrogens is 1. The van der Waals surface area contributed by atoms with E-state index in [1.54, 1.807) is 13.3 Å². The van der Waals surface area contributed by atoms with E-state index in [2.05, 4.69) is 26.2 Å². The lowest BCUT2D eigenvalue weighted by atomic mass is 10.1. The minimum Gasteiger partial charge on any atom is -0.497 e. The first-order valence-electron chi connectivity index (χ1n) is 6.43. The van der Waals surface area contributed by atoms with E-state index in [0.29, 0.717) is 5.69 Å². The van der Waals surface area contributed by atoms with Crippen LogP contribution in [-0.4, -0.2) is 12.1 Å². The van der Waals surface area contributed by atoms with Gasteiger partial charge in [0.25, 0.3) is 0 Å². The second-order valence-electron chi connectivity index (χ2n) is 4.57. The highest BCUT2D eigenvalue weighted by atomic mass is 79.9. The zero-order valence-electron chi connectivity index (χ0n) is 11.4. The number of rotatable bonds is 3. The number of nitrogens with one attached hydrogen (secondary N) is 1. The Bertz CT molecular complexity index is 805. The molecule has 5 heteroatoms. The number of anilines is 3. The Balaban J connectivity index is 2.08. The van der Waals surface area contributed by atoms with Crippen LogP contribution in [0.4, 0.5) is 17.1 Å². The minimum atomic E-state index is 0.667. The van der Waals surface area contributed by atoms with Crippen LogP contribution >= 0.6 is 15.9 Å². The molecule has 3 N–H and O–H groups in total. The molecule has 0 unspecified atom stereocenters. The molecule has 1 aromatic heterocycles. The Morgan fingerprint density at radius 3 is 2.81 bits per heavy atom. The highest BCUT2D eigenvalue weighted by molar-refractivity contribution is 9.10. The number of ether oxygens (including phenoxy) is 1. The maximum Gasteiger partial charge on any atom is 0.121 e. The summed E-state index contributed by atoms with van der Waals surface area (Å²) < 4.78 is 6.22. The SMILES string of the molecule is COc1ccc(Br)c(Nc2ccc(N)c3ncccc23)c1. The van der Waals surface area contributed by atoms with Crippen LogP contribution in [0.3, 0.4) is 0 Å². The standard InChI is InChI=1S/C16H14BrN3O/c1-21-10-4-5-12(17)15(9-10)20-14-7-6-13(18)16-11(14)3-2-8-19-16/h2-9,20H,18H2,1H3. The van der Waals surface area contributed by atoms with Gasteiger partial charge in [0.05, 0.1) is 24.0 Å². The van der Waals surface area contributed by atoms with Crippen molar-refractivity contribution in [2.45, 2.75) is 0 Å². The van der Waals surface area contributed by atoms with Crippen molar-refractivity contribution in [2.75, 3.05) is 18.2 Å². The van der Waals surface area contributed by atoms with Crippen LogP contribution in [0.1, 0.15) is 0 Å². The fourth-order valence-electron chi connectivity index (χ4n) is 2.18. The van der Waals surface area contributed by atoms with E-state index in [9.17, 15) is 0 Å². The number of nitrogens with zero attached hydrogens (tertiary/aromatic N) is 1. The van der Waals surface area contributed by atoms with Crippen LogP contribution in [0, 0.1) is 0 Å². The van der Waals surface area contributed by atoms with Gasteiger partial charge < -0.3 is 15.8 Å². The van der Waals surface area contributed by atoms with Crippen molar-refractivity contribution in [3.63, 3.8) is 0 Å². The van der Waals surface area contributed by atoms with Gasteiger partial charge in [0.15, 0.2) is 0 Å². The lowest BCUT2D eigenvalue weighted by Crippen LogP contribution is -1.96.